The third kappa shape index (κ3) is 2.16. The molecule has 0 aliphatic rings. The van der Waals surface area contributed by atoms with Gasteiger partial charge in [-0.25, -0.2) is 0 Å². The summed E-state index contributed by atoms with van der Waals surface area (Å²) in [5.41, 5.74) is 3.06. The molecule has 0 unspecified atom stereocenters. The van der Waals surface area contributed by atoms with Gasteiger partial charge >= 0.3 is 0 Å². The zero-order chi connectivity index (χ0) is 14.3. The van der Waals surface area contributed by atoms with Crippen LogP contribution < -0.4 is 0 Å². The second-order valence-electron chi connectivity index (χ2n) is 4.21. The van der Waals surface area contributed by atoms with E-state index in [0.29, 0.717) is 15.4 Å². The Balaban J connectivity index is 2.38. The van der Waals surface area contributed by atoms with Crippen LogP contribution in [0.2, 0.25) is 5.02 Å². The van der Waals surface area contributed by atoms with Gasteiger partial charge in [0, 0.05) is 4.47 Å². The highest BCUT2D eigenvalue weighted by Crippen LogP contribution is 2.28. The Kier molecular flexibility index (Phi) is 3.38. The number of benzene rings is 2. The number of aromatic amines is 1. The van der Waals surface area contributed by atoms with Crippen LogP contribution in [0.3, 0.4) is 0 Å². The van der Waals surface area contributed by atoms with Gasteiger partial charge in [-0.15, -0.1) is 0 Å². The van der Waals surface area contributed by atoms with Gasteiger partial charge in [-0.05, 0) is 48.6 Å². The number of H-pyrrole nitrogens is 1. The van der Waals surface area contributed by atoms with Crippen LogP contribution in [0.15, 0.2) is 40.9 Å². The predicted octanol–water partition coefficient (Wildman–Crippen LogP) is 4.98. The lowest BCUT2D eigenvalue weighted by Crippen LogP contribution is -1.95. The maximum absolute atomic E-state index is 9.03. The fourth-order valence-corrected chi connectivity index (χ4v) is 3.14. The number of fused-ring (bicyclic) bond motifs is 1. The molecule has 6 heteroatoms. The summed E-state index contributed by atoms with van der Waals surface area (Å²) in [5, 5.41) is 9.61. The number of nitriles is 1. The Labute approximate surface area is 133 Å². The van der Waals surface area contributed by atoms with Gasteiger partial charge in [0.05, 0.1) is 33.4 Å². The van der Waals surface area contributed by atoms with Gasteiger partial charge in [-0.1, -0.05) is 27.5 Å². The molecule has 1 heterocycles. The first-order chi connectivity index (χ1) is 9.60. The number of rotatable bonds is 1. The van der Waals surface area contributed by atoms with Crippen molar-refractivity contribution in [1.82, 2.24) is 9.55 Å². The Morgan fingerprint density at radius 2 is 2.05 bits per heavy atom. The lowest BCUT2D eigenvalue weighted by molar-refractivity contribution is 1.06. The van der Waals surface area contributed by atoms with Crippen LogP contribution in [-0.4, -0.2) is 9.55 Å². The van der Waals surface area contributed by atoms with Gasteiger partial charge in [0.25, 0.3) is 0 Å². The van der Waals surface area contributed by atoms with E-state index in [-0.39, 0.29) is 0 Å². The predicted molar refractivity (Wildman–Crippen MR) is 85.9 cm³/mol. The molecule has 0 amide bonds. The van der Waals surface area contributed by atoms with Gasteiger partial charge in [-0.3, -0.25) is 4.57 Å². The third-order valence-corrected chi connectivity index (χ3v) is 4.04. The SMILES string of the molecule is N#Cc1ccc2[nH]c(=S)n(-c3ccc(Br)cc3Cl)c2c1. The molecule has 20 heavy (non-hydrogen) atoms. The van der Waals surface area contributed by atoms with E-state index < -0.39 is 0 Å². The summed E-state index contributed by atoms with van der Waals surface area (Å²) in [6.07, 6.45) is 0. The molecule has 0 saturated carbocycles. The highest BCUT2D eigenvalue weighted by Gasteiger charge is 2.10. The lowest BCUT2D eigenvalue weighted by Gasteiger charge is -2.07. The van der Waals surface area contributed by atoms with Gasteiger partial charge in [-0.2, -0.15) is 5.26 Å². The highest BCUT2D eigenvalue weighted by atomic mass is 79.9. The molecular formula is C14H7BrClN3S. The molecule has 3 aromatic rings. The Morgan fingerprint density at radius 3 is 2.75 bits per heavy atom. The van der Waals surface area contributed by atoms with Gasteiger partial charge < -0.3 is 4.98 Å². The molecular weight excluding hydrogens is 358 g/mol. The third-order valence-electron chi connectivity index (χ3n) is 2.96. The number of hydrogen-bond acceptors (Lipinski definition) is 2. The number of aromatic nitrogens is 2. The second-order valence-corrected chi connectivity index (χ2v) is 5.91. The minimum atomic E-state index is 0.541. The van der Waals surface area contributed by atoms with E-state index in [2.05, 4.69) is 27.0 Å². The summed E-state index contributed by atoms with van der Waals surface area (Å²) in [4.78, 5) is 3.12. The summed E-state index contributed by atoms with van der Waals surface area (Å²) in [6, 6.07) is 13.1. The van der Waals surface area contributed by atoms with Crippen molar-refractivity contribution in [2.45, 2.75) is 0 Å². The lowest BCUT2D eigenvalue weighted by atomic mass is 10.2. The van der Waals surface area contributed by atoms with Crippen LogP contribution in [0.5, 0.6) is 0 Å². The summed E-state index contributed by atoms with van der Waals surface area (Å²) >= 11 is 15.0. The molecule has 0 spiro atoms. The van der Waals surface area contributed by atoms with E-state index in [1.54, 1.807) is 12.1 Å². The van der Waals surface area contributed by atoms with E-state index in [0.717, 1.165) is 21.2 Å². The monoisotopic (exact) mass is 363 g/mol. The van der Waals surface area contributed by atoms with E-state index in [1.165, 1.54) is 0 Å². The Hall–Kier alpha value is -1.61. The normalized spacial score (nSPS) is 10.7. The fraction of sp³-hybridized carbons (Fsp3) is 0. The van der Waals surface area contributed by atoms with Gasteiger partial charge in [0.2, 0.25) is 0 Å². The van der Waals surface area contributed by atoms with Gasteiger partial charge in [0.1, 0.15) is 0 Å². The maximum atomic E-state index is 9.03. The van der Waals surface area contributed by atoms with Crippen molar-refractivity contribution in [2.24, 2.45) is 0 Å². The number of imidazole rings is 1. The zero-order valence-electron chi connectivity index (χ0n) is 10.0. The highest BCUT2D eigenvalue weighted by molar-refractivity contribution is 9.10. The van der Waals surface area contributed by atoms with Crippen molar-refractivity contribution in [1.29, 1.82) is 5.26 Å². The van der Waals surface area contributed by atoms with E-state index >= 15 is 0 Å². The van der Waals surface area contributed by atoms with E-state index in [9.17, 15) is 0 Å². The maximum Gasteiger partial charge on any atom is 0.182 e. The second kappa shape index (κ2) is 5.06. The van der Waals surface area contributed by atoms with E-state index in [1.807, 2.05) is 28.8 Å². The molecule has 98 valence electrons. The molecule has 1 N–H and O–H groups in total. The molecule has 3 rings (SSSR count). The Morgan fingerprint density at radius 1 is 1.25 bits per heavy atom. The smallest absolute Gasteiger partial charge is 0.182 e. The summed E-state index contributed by atoms with van der Waals surface area (Å²) in [5.74, 6) is 0. The zero-order valence-corrected chi connectivity index (χ0v) is 13.2. The van der Waals surface area contributed by atoms with Crippen LogP contribution in [-0.2, 0) is 0 Å². The van der Waals surface area contributed by atoms with Crippen molar-refractivity contribution in [3.63, 3.8) is 0 Å². The standard InChI is InChI=1S/C14H7BrClN3S/c15-9-2-4-12(10(16)6-9)19-13-5-8(7-17)1-3-11(13)18-14(19)20/h1-6H,(H,18,20). The summed E-state index contributed by atoms with van der Waals surface area (Å²) in [6.45, 7) is 0. The number of hydrogen-bond donors (Lipinski definition) is 1. The quantitative estimate of drug-likeness (QED) is 0.619. The summed E-state index contributed by atoms with van der Waals surface area (Å²) in [7, 11) is 0. The van der Waals surface area contributed by atoms with Crippen LogP contribution in [0.1, 0.15) is 5.56 Å². The molecule has 0 fully saturated rings. The molecule has 2 aromatic carbocycles. The number of nitrogens with one attached hydrogen (secondary N) is 1. The average molecular weight is 365 g/mol. The Bertz CT molecular complexity index is 920. The summed E-state index contributed by atoms with van der Waals surface area (Å²) < 4.78 is 3.27. The first kappa shape index (κ1) is 13.4. The van der Waals surface area contributed by atoms with Crippen molar-refractivity contribution in [2.75, 3.05) is 0 Å². The van der Waals surface area contributed by atoms with Crippen molar-refractivity contribution >= 4 is 50.8 Å². The van der Waals surface area contributed by atoms with Crippen molar-refractivity contribution < 1.29 is 0 Å². The molecule has 0 radical (unpaired) electrons. The fourth-order valence-electron chi connectivity index (χ4n) is 2.07. The molecule has 0 saturated heterocycles. The first-order valence-electron chi connectivity index (χ1n) is 5.70. The first-order valence-corrected chi connectivity index (χ1v) is 7.28. The molecule has 0 atom stereocenters. The van der Waals surface area contributed by atoms with Crippen LogP contribution in [0.25, 0.3) is 16.7 Å². The van der Waals surface area contributed by atoms with Gasteiger partial charge in [0.15, 0.2) is 4.77 Å². The molecule has 0 aliphatic heterocycles. The van der Waals surface area contributed by atoms with Crippen LogP contribution in [0.4, 0.5) is 0 Å². The van der Waals surface area contributed by atoms with Crippen LogP contribution in [0, 0.1) is 16.1 Å². The minimum Gasteiger partial charge on any atom is -0.330 e. The molecule has 3 nitrogen and oxygen atoms in total. The topological polar surface area (TPSA) is 44.5 Å². The molecule has 0 aliphatic carbocycles. The number of nitrogens with zero attached hydrogens (tertiary/aromatic N) is 2. The number of halogens is 2. The van der Waals surface area contributed by atoms with Crippen molar-refractivity contribution in [3.05, 3.63) is 56.2 Å². The van der Waals surface area contributed by atoms with Crippen LogP contribution >= 0.6 is 39.7 Å². The van der Waals surface area contributed by atoms with Crippen molar-refractivity contribution in [3.8, 4) is 11.8 Å². The average Bonchev–Trinajstić information content (AvgIpc) is 2.74. The molecule has 0 bridgehead atoms. The van der Waals surface area contributed by atoms with E-state index in [4.69, 9.17) is 29.1 Å². The molecule has 1 aromatic heterocycles. The largest absolute Gasteiger partial charge is 0.330 e. The minimum absolute atomic E-state index is 0.541.